The van der Waals surface area contributed by atoms with Gasteiger partial charge >= 0.3 is 5.97 Å². The zero-order valence-electron chi connectivity index (χ0n) is 27.0. The van der Waals surface area contributed by atoms with Crippen molar-refractivity contribution in [1.82, 2.24) is 0 Å². The van der Waals surface area contributed by atoms with Crippen LogP contribution < -0.4 is 0 Å². The maximum Gasteiger partial charge on any atom is 0.309 e. The molecule has 7 aliphatic rings. The van der Waals surface area contributed by atoms with Crippen molar-refractivity contribution < 1.29 is 24.1 Å². The molecule has 0 aromatic rings. The Morgan fingerprint density at radius 3 is 2.29 bits per heavy atom. The van der Waals surface area contributed by atoms with Crippen molar-refractivity contribution in [1.29, 1.82) is 0 Å². The van der Waals surface area contributed by atoms with Crippen molar-refractivity contribution in [2.45, 2.75) is 144 Å². The molecule has 1 N–H and O–H groups in total. The average molecular weight is 571 g/mol. The van der Waals surface area contributed by atoms with Crippen LogP contribution in [0.2, 0.25) is 0 Å². The van der Waals surface area contributed by atoms with Gasteiger partial charge in [0.2, 0.25) is 0 Å². The zero-order valence-corrected chi connectivity index (χ0v) is 27.0. The fraction of sp³-hybridized carbons (Fsp3) is 0.972. The van der Waals surface area contributed by atoms with E-state index in [1.165, 1.54) is 38.5 Å². The molecule has 12 atom stereocenters. The molecule has 2 saturated heterocycles. The van der Waals surface area contributed by atoms with Crippen LogP contribution in [0.4, 0.5) is 0 Å². The highest BCUT2D eigenvalue weighted by atomic mass is 16.6. The van der Waals surface area contributed by atoms with Crippen LogP contribution in [0.1, 0.15) is 119 Å². The summed E-state index contributed by atoms with van der Waals surface area (Å²) in [4.78, 5) is 13.2. The third-order valence-electron chi connectivity index (χ3n) is 15.5. The molecule has 232 valence electrons. The lowest BCUT2D eigenvalue weighted by Gasteiger charge is -2.63. The van der Waals surface area contributed by atoms with Gasteiger partial charge in [-0.2, -0.15) is 0 Å². The summed E-state index contributed by atoms with van der Waals surface area (Å²) in [6.45, 7) is 18.2. The van der Waals surface area contributed by atoms with Gasteiger partial charge in [0.15, 0.2) is 0 Å². The van der Waals surface area contributed by atoms with Crippen LogP contribution in [0.25, 0.3) is 0 Å². The number of esters is 1. The van der Waals surface area contributed by atoms with Crippen molar-refractivity contribution in [2.75, 3.05) is 13.2 Å². The minimum absolute atomic E-state index is 0.0139. The Kier molecular flexibility index (Phi) is 6.69. The standard InChI is InChI=1S/C36H58O5/c1-21(2)30(41-31(38)23-11-16-39-17-12-23)24-18-22(3)29-25(40-24)19-34(7)27-9-8-26-32(4,5)28(37)10-13-35(26)20-36(27,35)15-14-33(29,34)6/h21-30,37H,8-20H2,1-7H3. The second kappa shape index (κ2) is 9.43. The van der Waals surface area contributed by atoms with E-state index in [0.29, 0.717) is 47.2 Å². The molecule has 41 heavy (non-hydrogen) atoms. The van der Waals surface area contributed by atoms with E-state index < -0.39 is 0 Å². The van der Waals surface area contributed by atoms with Crippen LogP contribution in [-0.4, -0.2) is 48.7 Å². The number of aliphatic hydroxyl groups is 1. The second-order valence-corrected chi connectivity index (χ2v) is 17.6. The maximum atomic E-state index is 13.2. The van der Waals surface area contributed by atoms with Gasteiger partial charge < -0.3 is 19.3 Å². The SMILES string of the molecule is CC(C)C(OC(=O)C1CCOCC1)C1CC(C)C2C(CC3(C)C4CCC5C(C)(C)C(O)CCC56CC46CCC23C)O1. The van der Waals surface area contributed by atoms with E-state index in [2.05, 4.69) is 48.5 Å². The summed E-state index contributed by atoms with van der Waals surface area (Å²) in [5.41, 5.74) is 1.57. The third-order valence-corrected chi connectivity index (χ3v) is 15.5. The van der Waals surface area contributed by atoms with E-state index in [-0.39, 0.29) is 53.1 Å². The van der Waals surface area contributed by atoms with Crippen LogP contribution in [0.3, 0.4) is 0 Å². The van der Waals surface area contributed by atoms with Gasteiger partial charge in [0.1, 0.15) is 6.10 Å². The molecule has 7 fully saturated rings. The Morgan fingerprint density at radius 2 is 1.59 bits per heavy atom. The first-order valence-electron chi connectivity index (χ1n) is 17.4. The maximum absolute atomic E-state index is 13.2. The van der Waals surface area contributed by atoms with E-state index in [0.717, 1.165) is 38.0 Å². The van der Waals surface area contributed by atoms with Crippen LogP contribution in [0.15, 0.2) is 0 Å². The van der Waals surface area contributed by atoms with Crippen molar-refractivity contribution in [2.24, 2.45) is 62.6 Å². The summed E-state index contributed by atoms with van der Waals surface area (Å²) in [6, 6.07) is 0. The Balaban J connectivity index is 1.13. The van der Waals surface area contributed by atoms with E-state index in [1.54, 1.807) is 0 Å². The van der Waals surface area contributed by atoms with E-state index in [9.17, 15) is 9.90 Å². The molecule has 0 bridgehead atoms. The lowest BCUT2D eigenvalue weighted by molar-refractivity contribution is -0.193. The Bertz CT molecular complexity index is 1050. The van der Waals surface area contributed by atoms with Gasteiger partial charge in [-0.1, -0.05) is 48.5 Å². The summed E-state index contributed by atoms with van der Waals surface area (Å²) < 4.78 is 19.0. The Labute approximate surface area is 249 Å². The van der Waals surface area contributed by atoms with Crippen LogP contribution in [0.5, 0.6) is 0 Å². The molecule has 5 heteroatoms. The average Bonchev–Trinajstić information content (AvgIpc) is 3.53. The van der Waals surface area contributed by atoms with Gasteiger partial charge in [-0.3, -0.25) is 4.79 Å². The molecular formula is C36H58O5. The van der Waals surface area contributed by atoms with Crippen molar-refractivity contribution in [3.63, 3.8) is 0 Å². The van der Waals surface area contributed by atoms with Gasteiger partial charge in [-0.25, -0.2) is 0 Å². The number of rotatable bonds is 4. The van der Waals surface area contributed by atoms with Crippen molar-refractivity contribution in [3.8, 4) is 0 Å². The molecule has 0 aromatic heterocycles. The highest BCUT2D eigenvalue weighted by Gasteiger charge is 2.83. The predicted octanol–water partition coefficient (Wildman–Crippen LogP) is 7.18. The molecular weight excluding hydrogens is 512 g/mol. The normalized spacial score (nSPS) is 52.9. The van der Waals surface area contributed by atoms with Gasteiger partial charge in [0, 0.05) is 13.2 Å². The van der Waals surface area contributed by atoms with Gasteiger partial charge in [0.05, 0.1) is 24.2 Å². The molecule has 5 nitrogen and oxygen atoms in total. The Morgan fingerprint density at radius 1 is 0.902 bits per heavy atom. The Hall–Kier alpha value is -0.650. The molecule has 2 heterocycles. The molecule has 5 aliphatic carbocycles. The topological polar surface area (TPSA) is 65.0 Å². The molecule has 0 amide bonds. The summed E-state index contributed by atoms with van der Waals surface area (Å²) in [5.74, 6) is 2.74. The van der Waals surface area contributed by atoms with Gasteiger partial charge in [0.25, 0.3) is 0 Å². The van der Waals surface area contributed by atoms with Crippen LogP contribution in [-0.2, 0) is 19.0 Å². The number of carbonyl (C=O) groups is 1. The van der Waals surface area contributed by atoms with Crippen molar-refractivity contribution >= 4 is 5.97 Å². The smallest absolute Gasteiger partial charge is 0.309 e. The molecule has 2 aliphatic heterocycles. The minimum Gasteiger partial charge on any atom is -0.459 e. The lowest BCUT2D eigenvalue weighted by Crippen LogP contribution is -2.58. The quantitative estimate of drug-likeness (QED) is 0.363. The largest absolute Gasteiger partial charge is 0.459 e. The predicted molar refractivity (Wildman–Crippen MR) is 159 cm³/mol. The molecule has 7 rings (SSSR count). The van der Waals surface area contributed by atoms with Gasteiger partial charge in [-0.15, -0.1) is 0 Å². The number of hydrogen-bond donors (Lipinski definition) is 1. The van der Waals surface area contributed by atoms with E-state index >= 15 is 0 Å². The number of fused-ring (bicyclic) bond motifs is 4. The summed E-state index contributed by atoms with van der Waals surface area (Å²) in [7, 11) is 0. The number of ether oxygens (including phenoxy) is 3. The molecule has 0 aromatic carbocycles. The highest BCUT2D eigenvalue weighted by molar-refractivity contribution is 5.72. The molecule has 2 spiro atoms. The fourth-order valence-electron chi connectivity index (χ4n) is 13.4. The highest BCUT2D eigenvalue weighted by Crippen LogP contribution is 2.89. The number of aliphatic hydroxyl groups excluding tert-OH is 1. The third kappa shape index (κ3) is 3.79. The molecule has 12 unspecified atom stereocenters. The minimum atomic E-state index is -0.179. The molecule has 5 saturated carbocycles. The summed E-state index contributed by atoms with van der Waals surface area (Å²) in [5, 5.41) is 11.0. The first-order chi connectivity index (χ1) is 19.3. The molecule has 0 radical (unpaired) electrons. The first-order valence-corrected chi connectivity index (χ1v) is 17.4. The fourth-order valence-corrected chi connectivity index (χ4v) is 13.4. The van der Waals surface area contributed by atoms with Crippen LogP contribution >= 0.6 is 0 Å². The monoisotopic (exact) mass is 570 g/mol. The van der Waals surface area contributed by atoms with E-state index in [1.807, 2.05) is 0 Å². The first kappa shape index (κ1) is 29.1. The zero-order chi connectivity index (χ0) is 29.2. The number of carbonyl (C=O) groups excluding carboxylic acids is 1. The van der Waals surface area contributed by atoms with Gasteiger partial charge in [-0.05, 0) is 127 Å². The number of hydrogen-bond acceptors (Lipinski definition) is 5. The van der Waals surface area contributed by atoms with Crippen molar-refractivity contribution in [3.05, 3.63) is 0 Å². The lowest BCUT2D eigenvalue weighted by atomic mass is 9.41. The van der Waals surface area contributed by atoms with E-state index in [4.69, 9.17) is 14.2 Å². The van der Waals surface area contributed by atoms with Crippen LogP contribution in [0, 0.1) is 62.6 Å². The summed E-state index contributed by atoms with van der Waals surface area (Å²) in [6.07, 6.45) is 12.6. The second-order valence-electron chi connectivity index (χ2n) is 17.6. The summed E-state index contributed by atoms with van der Waals surface area (Å²) >= 11 is 0.